The van der Waals surface area contributed by atoms with Gasteiger partial charge in [0.25, 0.3) is 0 Å². The maximum absolute atomic E-state index is 12.6. The fraction of sp³-hybridized carbons (Fsp3) is 0.600. The Balaban J connectivity index is 1.57. The van der Waals surface area contributed by atoms with Gasteiger partial charge in [-0.05, 0) is 49.3 Å². The van der Waals surface area contributed by atoms with Gasteiger partial charge in [-0.25, -0.2) is 4.79 Å². The third-order valence-electron chi connectivity index (χ3n) is 5.28. The molecule has 1 aromatic rings. The molecule has 2 aliphatic rings. The first-order chi connectivity index (χ1) is 12.0. The zero-order valence-electron chi connectivity index (χ0n) is 15.3. The lowest BCUT2D eigenvalue weighted by atomic mass is 9.97. The third kappa shape index (κ3) is 4.33. The van der Waals surface area contributed by atoms with Gasteiger partial charge in [-0.3, -0.25) is 4.79 Å². The average molecular weight is 343 g/mol. The molecule has 5 heteroatoms. The SMILES string of the molecule is CC(C)c1ccc(NC(=O)[C@@H]2CCCN(C(=O)N3CCCC3)C2)cc1. The highest BCUT2D eigenvalue weighted by Gasteiger charge is 2.31. The average Bonchev–Trinajstić information content (AvgIpc) is 3.16. The van der Waals surface area contributed by atoms with Crippen LogP contribution < -0.4 is 5.32 Å². The predicted octanol–water partition coefficient (Wildman–Crippen LogP) is 3.68. The molecule has 0 saturated carbocycles. The molecular formula is C20H29N3O2. The standard InChI is InChI=1S/C20H29N3O2/c1-15(2)16-7-9-18(10-8-16)21-19(24)17-6-5-13-23(14-17)20(25)22-11-3-4-12-22/h7-10,15,17H,3-6,11-14H2,1-2H3,(H,21,24)/t17-/m1/s1. The van der Waals surface area contributed by atoms with Crippen LogP contribution in [0.5, 0.6) is 0 Å². The highest BCUT2D eigenvalue weighted by Crippen LogP contribution is 2.22. The lowest BCUT2D eigenvalue weighted by Crippen LogP contribution is -2.48. The van der Waals surface area contributed by atoms with Crippen LogP contribution in [0.4, 0.5) is 10.5 Å². The summed E-state index contributed by atoms with van der Waals surface area (Å²) in [7, 11) is 0. The first kappa shape index (κ1) is 17.8. The normalized spacial score (nSPS) is 20.8. The zero-order chi connectivity index (χ0) is 17.8. The molecule has 3 amide bonds. The molecule has 0 aliphatic carbocycles. The number of carbonyl (C=O) groups is 2. The third-order valence-corrected chi connectivity index (χ3v) is 5.28. The van der Waals surface area contributed by atoms with E-state index in [1.54, 1.807) is 0 Å². The molecule has 0 radical (unpaired) electrons. The van der Waals surface area contributed by atoms with Crippen LogP contribution in [0.25, 0.3) is 0 Å². The number of piperidine rings is 1. The van der Waals surface area contributed by atoms with E-state index in [9.17, 15) is 9.59 Å². The van der Waals surface area contributed by atoms with Gasteiger partial charge in [0, 0.05) is 31.9 Å². The van der Waals surface area contributed by atoms with Gasteiger partial charge in [0.05, 0.1) is 5.92 Å². The molecular weight excluding hydrogens is 314 g/mol. The fourth-order valence-corrected chi connectivity index (χ4v) is 3.67. The summed E-state index contributed by atoms with van der Waals surface area (Å²) in [5, 5.41) is 3.02. The van der Waals surface area contributed by atoms with Crippen LogP contribution in [-0.2, 0) is 4.79 Å². The zero-order valence-corrected chi connectivity index (χ0v) is 15.3. The second-order valence-electron chi connectivity index (χ2n) is 7.53. The Hall–Kier alpha value is -2.04. The molecule has 1 N–H and O–H groups in total. The number of anilines is 1. The van der Waals surface area contributed by atoms with Crippen molar-refractivity contribution in [2.24, 2.45) is 5.92 Å². The maximum Gasteiger partial charge on any atom is 0.320 e. The van der Waals surface area contributed by atoms with Gasteiger partial charge in [-0.1, -0.05) is 26.0 Å². The molecule has 25 heavy (non-hydrogen) atoms. The number of urea groups is 1. The molecule has 1 atom stereocenters. The number of benzene rings is 1. The molecule has 0 unspecified atom stereocenters. The summed E-state index contributed by atoms with van der Waals surface area (Å²) < 4.78 is 0. The molecule has 0 aromatic heterocycles. The smallest absolute Gasteiger partial charge is 0.320 e. The van der Waals surface area contributed by atoms with Gasteiger partial charge < -0.3 is 15.1 Å². The first-order valence-electron chi connectivity index (χ1n) is 9.49. The van der Waals surface area contributed by atoms with Crippen molar-refractivity contribution in [2.75, 3.05) is 31.5 Å². The van der Waals surface area contributed by atoms with Crippen molar-refractivity contribution in [3.8, 4) is 0 Å². The highest BCUT2D eigenvalue weighted by atomic mass is 16.2. The Bertz CT molecular complexity index is 606. The van der Waals surface area contributed by atoms with Crippen molar-refractivity contribution in [3.05, 3.63) is 29.8 Å². The Labute approximate surface area is 150 Å². The Morgan fingerprint density at radius 2 is 1.64 bits per heavy atom. The second-order valence-corrected chi connectivity index (χ2v) is 7.53. The van der Waals surface area contributed by atoms with Crippen molar-refractivity contribution in [2.45, 2.75) is 45.4 Å². The van der Waals surface area contributed by atoms with E-state index in [1.165, 1.54) is 5.56 Å². The van der Waals surface area contributed by atoms with Crippen molar-refractivity contribution in [1.82, 2.24) is 9.80 Å². The highest BCUT2D eigenvalue weighted by molar-refractivity contribution is 5.93. The van der Waals surface area contributed by atoms with Crippen LogP contribution in [-0.4, -0.2) is 47.9 Å². The molecule has 2 heterocycles. The summed E-state index contributed by atoms with van der Waals surface area (Å²) in [5.41, 5.74) is 2.09. The van der Waals surface area contributed by atoms with Crippen LogP contribution in [0.1, 0.15) is 51.0 Å². The number of likely N-dealkylation sites (tertiary alicyclic amines) is 2. The summed E-state index contributed by atoms with van der Waals surface area (Å²) in [4.78, 5) is 28.9. The molecule has 2 fully saturated rings. The molecule has 0 spiro atoms. The van der Waals surface area contributed by atoms with Gasteiger partial charge in [-0.15, -0.1) is 0 Å². The molecule has 136 valence electrons. The van der Waals surface area contributed by atoms with E-state index in [-0.39, 0.29) is 17.9 Å². The minimum Gasteiger partial charge on any atom is -0.326 e. The van der Waals surface area contributed by atoms with Crippen molar-refractivity contribution in [3.63, 3.8) is 0 Å². The largest absolute Gasteiger partial charge is 0.326 e. The van der Waals surface area contributed by atoms with Gasteiger partial charge in [0.1, 0.15) is 0 Å². The first-order valence-corrected chi connectivity index (χ1v) is 9.49. The number of amides is 3. The Morgan fingerprint density at radius 3 is 2.28 bits per heavy atom. The molecule has 0 bridgehead atoms. The molecule has 3 rings (SSSR count). The lowest BCUT2D eigenvalue weighted by molar-refractivity contribution is -0.121. The predicted molar refractivity (Wildman–Crippen MR) is 99.7 cm³/mol. The van der Waals surface area contributed by atoms with Crippen LogP contribution in [0.2, 0.25) is 0 Å². The second kappa shape index (κ2) is 7.89. The van der Waals surface area contributed by atoms with E-state index >= 15 is 0 Å². The minimum absolute atomic E-state index is 0.0243. The van der Waals surface area contributed by atoms with Gasteiger partial charge in [-0.2, -0.15) is 0 Å². The van der Waals surface area contributed by atoms with Crippen LogP contribution in [0.3, 0.4) is 0 Å². The Kier molecular flexibility index (Phi) is 5.61. The van der Waals surface area contributed by atoms with Crippen LogP contribution >= 0.6 is 0 Å². The number of hydrogen-bond donors (Lipinski definition) is 1. The fourth-order valence-electron chi connectivity index (χ4n) is 3.67. The molecule has 2 saturated heterocycles. The molecule has 5 nitrogen and oxygen atoms in total. The van der Waals surface area contributed by atoms with E-state index in [0.717, 1.165) is 51.0 Å². The number of nitrogens with one attached hydrogen (secondary N) is 1. The van der Waals surface area contributed by atoms with Crippen LogP contribution in [0.15, 0.2) is 24.3 Å². The number of carbonyl (C=O) groups excluding carboxylic acids is 2. The summed E-state index contributed by atoms with van der Waals surface area (Å²) in [6.45, 7) is 7.32. The summed E-state index contributed by atoms with van der Waals surface area (Å²) in [6.07, 6.45) is 3.93. The van der Waals surface area contributed by atoms with E-state index in [2.05, 4.69) is 31.3 Å². The van der Waals surface area contributed by atoms with Gasteiger partial charge >= 0.3 is 6.03 Å². The van der Waals surface area contributed by atoms with Crippen LogP contribution in [0, 0.1) is 5.92 Å². The lowest BCUT2D eigenvalue weighted by Gasteiger charge is -2.34. The number of hydrogen-bond acceptors (Lipinski definition) is 2. The number of rotatable bonds is 3. The summed E-state index contributed by atoms with van der Waals surface area (Å²) in [6, 6.07) is 8.15. The topological polar surface area (TPSA) is 52.7 Å². The van der Waals surface area contributed by atoms with Crippen molar-refractivity contribution in [1.29, 1.82) is 0 Å². The van der Waals surface area contributed by atoms with Crippen molar-refractivity contribution < 1.29 is 9.59 Å². The quantitative estimate of drug-likeness (QED) is 0.910. The maximum atomic E-state index is 12.6. The Morgan fingerprint density at radius 1 is 1.00 bits per heavy atom. The summed E-state index contributed by atoms with van der Waals surface area (Å²) >= 11 is 0. The van der Waals surface area contributed by atoms with Gasteiger partial charge in [0.15, 0.2) is 0 Å². The summed E-state index contributed by atoms with van der Waals surface area (Å²) in [5.74, 6) is 0.384. The van der Waals surface area contributed by atoms with E-state index in [4.69, 9.17) is 0 Å². The van der Waals surface area contributed by atoms with Crippen molar-refractivity contribution >= 4 is 17.6 Å². The molecule has 2 aliphatic heterocycles. The van der Waals surface area contributed by atoms with Gasteiger partial charge in [0.2, 0.25) is 5.91 Å². The van der Waals surface area contributed by atoms with E-state index < -0.39 is 0 Å². The van der Waals surface area contributed by atoms with E-state index in [0.29, 0.717) is 12.5 Å². The number of nitrogens with zero attached hydrogens (tertiary/aromatic N) is 2. The minimum atomic E-state index is -0.120. The monoisotopic (exact) mass is 343 g/mol. The molecule has 1 aromatic carbocycles. The van der Waals surface area contributed by atoms with E-state index in [1.807, 2.05) is 21.9 Å².